The number of anilines is 1. The Morgan fingerprint density at radius 3 is 2.51 bits per heavy atom. The van der Waals surface area contributed by atoms with E-state index in [1.165, 1.54) is 11.4 Å². The van der Waals surface area contributed by atoms with Gasteiger partial charge in [0.05, 0.1) is 23.6 Å². The molecule has 0 saturated heterocycles. The molecule has 5 rings (SSSR count). The number of nitrogens with one attached hydrogen (secondary N) is 2. The van der Waals surface area contributed by atoms with Gasteiger partial charge in [0.15, 0.2) is 0 Å². The summed E-state index contributed by atoms with van der Waals surface area (Å²) in [5.74, 6) is -3.05. The van der Waals surface area contributed by atoms with E-state index in [0.717, 1.165) is 33.9 Å². The first-order valence-corrected chi connectivity index (χ1v) is 16.8. The molecular weight excluding hydrogens is 572 g/mol. The summed E-state index contributed by atoms with van der Waals surface area (Å²) in [4.78, 5) is 13.8. The molecule has 1 heterocycles. The summed E-state index contributed by atoms with van der Waals surface area (Å²) >= 11 is 0. The van der Waals surface area contributed by atoms with E-state index in [1.54, 1.807) is 6.07 Å². The number of rotatable bonds is 9. The number of halogens is 2. The van der Waals surface area contributed by atoms with E-state index in [-0.39, 0.29) is 31.2 Å². The average Bonchev–Trinajstić information content (AvgIpc) is 3.02. The molecule has 2 bridgehead atoms. The Labute approximate surface area is 252 Å². The number of carbonyl (C=O) groups is 1. The fourth-order valence-corrected chi connectivity index (χ4v) is 7.47. The number of hydrogen-bond donors (Lipinski definition) is 3. The lowest BCUT2D eigenvalue weighted by molar-refractivity contribution is -0.0412. The topological polar surface area (TPSA) is 98.7 Å². The van der Waals surface area contributed by atoms with Crippen molar-refractivity contribution in [2.45, 2.75) is 82.4 Å². The third-order valence-electron chi connectivity index (χ3n) is 8.87. The van der Waals surface area contributed by atoms with Crippen molar-refractivity contribution in [1.29, 1.82) is 0 Å². The lowest BCUT2D eigenvalue weighted by Crippen LogP contribution is -2.50. The zero-order valence-corrected chi connectivity index (χ0v) is 25.6. The van der Waals surface area contributed by atoms with Crippen LogP contribution in [0, 0.1) is 0 Å². The van der Waals surface area contributed by atoms with Crippen molar-refractivity contribution < 1.29 is 27.1 Å². The molecule has 1 saturated carbocycles. The number of carbonyl (C=O) groups excluding carboxylic acids is 1. The number of nitrogens with zero attached hydrogens (tertiary/aromatic N) is 1. The first-order chi connectivity index (χ1) is 20.5. The van der Waals surface area contributed by atoms with Gasteiger partial charge in [-0.3, -0.25) is 9.10 Å². The number of aliphatic hydroxyl groups excluding tert-OH is 1. The van der Waals surface area contributed by atoms with Gasteiger partial charge in [-0.2, -0.15) is 0 Å². The minimum Gasteiger partial charge on any atom is -0.390 e. The van der Waals surface area contributed by atoms with Crippen molar-refractivity contribution in [1.82, 2.24) is 10.6 Å². The van der Waals surface area contributed by atoms with Crippen LogP contribution in [0.25, 0.3) is 10.8 Å². The quantitative estimate of drug-likeness (QED) is 0.316. The molecule has 0 spiro atoms. The molecule has 3 aromatic carbocycles. The molecule has 1 aliphatic heterocycles. The predicted molar refractivity (Wildman–Crippen MR) is 166 cm³/mol. The average molecular weight is 614 g/mol. The molecule has 2 unspecified atom stereocenters. The summed E-state index contributed by atoms with van der Waals surface area (Å²) in [6, 6.07) is 16.3. The van der Waals surface area contributed by atoms with Gasteiger partial charge in [0, 0.05) is 43.4 Å². The SMILES string of the molecule is CCc1cc2cc3c(cc(C(=O)NC(Cc4ccccc4)C(O)CNC4CCC(F)(F)CC4)cc13)N(C)S(=O)(=O)CCC2. The normalized spacial score (nSPS) is 19.8. The van der Waals surface area contributed by atoms with Gasteiger partial charge >= 0.3 is 0 Å². The van der Waals surface area contributed by atoms with E-state index < -0.39 is 34.0 Å². The lowest BCUT2D eigenvalue weighted by atomic mass is 9.92. The Morgan fingerprint density at radius 1 is 1.09 bits per heavy atom. The molecule has 7 nitrogen and oxygen atoms in total. The van der Waals surface area contributed by atoms with Crippen LogP contribution in [0.4, 0.5) is 14.5 Å². The Kier molecular flexibility index (Phi) is 9.39. The third-order valence-corrected chi connectivity index (χ3v) is 10.7. The largest absolute Gasteiger partial charge is 0.390 e. The summed E-state index contributed by atoms with van der Waals surface area (Å²) in [6.07, 6.45) is 1.56. The molecule has 0 aromatic heterocycles. The van der Waals surface area contributed by atoms with E-state index in [9.17, 15) is 27.1 Å². The summed E-state index contributed by atoms with van der Waals surface area (Å²) in [6.45, 7) is 2.18. The van der Waals surface area contributed by atoms with Gasteiger partial charge in [-0.1, -0.05) is 43.3 Å². The highest BCUT2D eigenvalue weighted by molar-refractivity contribution is 7.92. The Bertz CT molecular complexity index is 1560. The fraction of sp³-hybridized carbons (Fsp3) is 0.485. The maximum atomic E-state index is 13.8. The fourth-order valence-electron chi connectivity index (χ4n) is 6.23. The number of amides is 1. The van der Waals surface area contributed by atoms with Crippen molar-refractivity contribution in [3.05, 3.63) is 76.9 Å². The summed E-state index contributed by atoms with van der Waals surface area (Å²) in [5.41, 5.74) is 3.80. The molecule has 3 aromatic rings. The molecule has 1 fully saturated rings. The number of fused-ring (bicyclic) bond motifs is 1. The lowest BCUT2D eigenvalue weighted by Gasteiger charge is -2.31. The first-order valence-electron chi connectivity index (χ1n) is 15.2. The van der Waals surface area contributed by atoms with Crippen LogP contribution in [-0.4, -0.2) is 62.9 Å². The van der Waals surface area contributed by atoms with Crippen LogP contribution in [-0.2, 0) is 29.3 Å². The highest BCUT2D eigenvalue weighted by Crippen LogP contribution is 2.35. The second-order valence-corrected chi connectivity index (χ2v) is 14.1. The van der Waals surface area contributed by atoms with Crippen LogP contribution in [0.2, 0.25) is 0 Å². The van der Waals surface area contributed by atoms with Crippen LogP contribution >= 0.6 is 0 Å². The Morgan fingerprint density at radius 2 is 1.81 bits per heavy atom. The first kappa shape index (κ1) is 31.3. The second-order valence-electron chi connectivity index (χ2n) is 12.0. The number of sulfonamides is 1. The maximum absolute atomic E-state index is 13.8. The molecule has 10 heteroatoms. The number of hydrogen-bond acceptors (Lipinski definition) is 5. The molecule has 43 heavy (non-hydrogen) atoms. The number of benzene rings is 3. The molecular formula is C33H41F2N3O4S. The van der Waals surface area contributed by atoms with E-state index in [0.29, 0.717) is 43.4 Å². The minimum absolute atomic E-state index is 0.0122. The van der Waals surface area contributed by atoms with Gasteiger partial charge in [0.1, 0.15) is 0 Å². The highest BCUT2D eigenvalue weighted by atomic mass is 32.2. The summed E-state index contributed by atoms with van der Waals surface area (Å²) < 4.78 is 54.8. The molecule has 0 radical (unpaired) electrons. The highest BCUT2D eigenvalue weighted by Gasteiger charge is 2.35. The van der Waals surface area contributed by atoms with Gasteiger partial charge < -0.3 is 15.7 Å². The number of aryl methyl sites for hydroxylation is 2. The van der Waals surface area contributed by atoms with Crippen LogP contribution < -0.4 is 14.9 Å². The molecule has 232 valence electrons. The Balaban J connectivity index is 1.43. The van der Waals surface area contributed by atoms with Gasteiger partial charge in [-0.25, -0.2) is 17.2 Å². The summed E-state index contributed by atoms with van der Waals surface area (Å²) in [7, 11) is -2.06. The van der Waals surface area contributed by atoms with Gasteiger partial charge in [0.2, 0.25) is 15.9 Å². The van der Waals surface area contributed by atoms with Gasteiger partial charge in [0.25, 0.3) is 5.91 Å². The van der Waals surface area contributed by atoms with Crippen LogP contribution in [0.5, 0.6) is 0 Å². The predicted octanol–water partition coefficient (Wildman–Crippen LogP) is 4.98. The molecule has 2 aliphatic rings. The number of alkyl halides is 2. The third kappa shape index (κ3) is 7.36. The van der Waals surface area contributed by atoms with Crippen molar-refractivity contribution in [2.75, 3.05) is 23.7 Å². The van der Waals surface area contributed by atoms with E-state index in [2.05, 4.69) is 16.7 Å². The van der Waals surface area contributed by atoms with Crippen molar-refractivity contribution in [3.8, 4) is 0 Å². The van der Waals surface area contributed by atoms with Crippen molar-refractivity contribution >= 4 is 32.4 Å². The van der Waals surface area contributed by atoms with Crippen LogP contribution in [0.15, 0.2) is 54.6 Å². The zero-order chi connectivity index (χ0) is 30.8. The summed E-state index contributed by atoms with van der Waals surface area (Å²) in [5, 5.41) is 19.1. The maximum Gasteiger partial charge on any atom is 0.251 e. The van der Waals surface area contributed by atoms with Crippen LogP contribution in [0.3, 0.4) is 0 Å². The minimum atomic E-state index is -3.59. The Hall–Kier alpha value is -3.08. The monoisotopic (exact) mass is 613 g/mol. The van der Waals surface area contributed by atoms with Crippen LogP contribution in [0.1, 0.15) is 66.1 Å². The van der Waals surface area contributed by atoms with Crippen molar-refractivity contribution in [3.63, 3.8) is 0 Å². The smallest absolute Gasteiger partial charge is 0.251 e. The standard InChI is InChI=1S/C33H41F2N3O4S/c1-3-24-16-23-10-7-15-43(41,42)38(2)30-20-25(19-27(24)28(30)17-23)32(40)37-29(18-22-8-5-4-6-9-22)31(39)21-36-26-11-13-33(34,35)14-12-26/h4-6,8-9,16-17,19-20,26,29,31,36,39H,3,7,10-15,18,21H2,1-2H3,(H,37,40). The number of aliphatic hydroxyl groups is 1. The molecule has 2 atom stereocenters. The van der Waals surface area contributed by atoms with Crippen molar-refractivity contribution in [2.24, 2.45) is 0 Å². The molecule has 1 aliphatic carbocycles. The van der Waals surface area contributed by atoms with E-state index in [4.69, 9.17) is 0 Å². The molecule has 3 N–H and O–H groups in total. The van der Waals surface area contributed by atoms with Gasteiger partial charge in [-0.15, -0.1) is 0 Å². The van der Waals surface area contributed by atoms with E-state index in [1.807, 2.05) is 49.4 Å². The van der Waals surface area contributed by atoms with E-state index >= 15 is 0 Å². The van der Waals surface area contributed by atoms with Gasteiger partial charge in [-0.05, 0) is 78.8 Å². The second kappa shape index (κ2) is 12.9. The molecule has 1 amide bonds. The zero-order valence-electron chi connectivity index (χ0n) is 24.8.